The molecule has 0 heterocycles. The van der Waals surface area contributed by atoms with Crippen LogP contribution in [0.5, 0.6) is 11.5 Å². The van der Waals surface area contributed by atoms with Crippen LogP contribution in [0.4, 0.5) is 19.3 Å². The third kappa shape index (κ3) is 3.44. The first-order chi connectivity index (χ1) is 9.58. The van der Waals surface area contributed by atoms with E-state index in [9.17, 15) is 13.6 Å². The maximum Gasteiger partial charge on any atom is 0.417 e. The fourth-order valence-electron chi connectivity index (χ4n) is 1.48. The molecule has 0 aliphatic heterocycles. The molecule has 0 atom stereocenters. The molecule has 0 aliphatic rings. The molecule has 0 spiro atoms. The van der Waals surface area contributed by atoms with E-state index >= 15 is 0 Å². The smallest absolute Gasteiger partial charge is 0.417 e. The molecule has 2 aromatic carbocycles. The lowest BCUT2D eigenvalue weighted by atomic mass is 10.3. The van der Waals surface area contributed by atoms with E-state index in [1.54, 1.807) is 12.1 Å². The molecule has 104 valence electrons. The third-order valence-electron chi connectivity index (χ3n) is 2.44. The first kappa shape index (κ1) is 13.8. The van der Waals surface area contributed by atoms with Crippen molar-refractivity contribution in [2.75, 3.05) is 12.4 Å². The number of methoxy groups -OCH3 is 1. The molecule has 1 N–H and O–H groups in total. The van der Waals surface area contributed by atoms with Crippen molar-refractivity contribution in [3.63, 3.8) is 0 Å². The number of hydrogen-bond acceptors (Lipinski definition) is 3. The van der Waals surface area contributed by atoms with Crippen LogP contribution in [0.3, 0.4) is 0 Å². The van der Waals surface area contributed by atoms with Crippen LogP contribution in [0.15, 0.2) is 42.5 Å². The minimum atomic E-state index is -0.878. The van der Waals surface area contributed by atoms with Crippen molar-refractivity contribution in [3.8, 4) is 11.5 Å². The number of anilines is 1. The molecule has 2 aromatic rings. The predicted octanol–water partition coefficient (Wildman–Crippen LogP) is 3.58. The fourth-order valence-corrected chi connectivity index (χ4v) is 1.48. The SMILES string of the molecule is COc1ccc(OC(=O)Nc2ccc(F)cc2F)cc1. The number of carbonyl (C=O) groups is 1. The number of halogens is 2. The van der Waals surface area contributed by atoms with E-state index in [1.807, 2.05) is 0 Å². The highest BCUT2D eigenvalue weighted by atomic mass is 19.1. The molecule has 0 unspecified atom stereocenters. The minimum absolute atomic E-state index is 0.162. The van der Waals surface area contributed by atoms with E-state index < -0.39 is 17.7 Å². The summed E-state index contributed by atoms with van der Waals surface area (Å²) in [7, 11) is 1.51. The number of rotatable bonds is 3. The molecule has 0 aliphatic carbocycles. The number of amides is 1. The second-order valence-corrected chi connectivity index (χ2v) is 3.81. The first-order valence-corrected chi connectivity index (χ1v) is 5.66. The maximum atomic E-state index is 13.3. The molecule has 0 bridgehead atoms. The van der Waals surface area contributed by atoms with Crippen molar-refractivity contribution in [3.05, 3.63) is 54.1 Å². The Bertz CT molecular complexity index is 614. The second kappa shape index (κ2) is 6.01. The Labute approximate surface area is 113 Å². The van der Waals surface area contributed by atoms with Gasteiger partial charge in [-0.2, -0.15) is 0 Å². The normalized spacial score (nSPS) is 9.95. The van der Waals surface area contributed by atoms with Gasteiger partial charge in [0.15, 0.2) is 0 Å². The van der Waals surface area contributed by atoms with E-state index in [-0.39, 0.29) is 11.4 Å². The van der Waals surface area contributed by atoms with Gasteiger partial charge in [0.1, 0.15) is 23.1 Å². The van der Waals surface area contributed by atoms with Gasteiger partial charge in [-0.15, -0.1) is 0 Å². The number of ether oxygens (including phenoxy) is 2. The quantitative estimate of drug-likeness (QED) is 0.934. The van der Waals surface area contributed by atoms with Crippen molar-refractivity contribution < 1.29 is 23.0 Å². The molecule has 0 aromatic heterocycles. The van der Waals surface area contributed by atoms with E-state index in [4.69, 9.17) is 9.47 Å². The van der Waals surface area contributed by atoms with Crippen molar-refractivity contribution in [2.24, 2.45) is 0 Å². The van der Waals surface area contributed by atoms with Crippen LogP contribution in [0.1, 0.15) is 0 Å². The number of carbonyl (C=O) groups excluding carboxylic acids is 1. The highest BCUT2D eigenvalue weighted by molar-refractivity contribution is 5.86. The lowest BCUT2D eigenvalue weighted by Crippen LogP contribution is -2.17. The van der Waals surface area contributed by atoms with Crippen molar-refractivity contribution in [1.29, 1.82) is 0 Å². The van der Waals surface area contributed by atoms with Crippen LogP contribution in [0.25, 0.3) is 0 Å². The summed E-state index contributed by atoms with van der Waals surface area (Å²) in [6, 6.07) is 9.09. The highest BCUT2D eigenvalue weighted by Crippen LogP contribution is 2.19. The van der Waals surface area contributed by atoms with Crippen molar-refractivity contribution in [1.82, 2.24) is 0 Å². The van der Waals surface area contributed by atoms with Gasteiger partial charge in [0.05, 0.1) is 12.8 Å². The van der Waals surface area contributed by atoms with Crippen molar-refractivity contribution in [2.45, 2.75) is 0 Å². The molecule has 6 heteroatoms. The Morgan fingerprint density at radius 2 is 1.70 bits per heavy atom. The number of benzene rings is 2. The molecule has 1 amide bonds. The van der Waals surface area contributed by atoms with Crippen LogP contribution in [0.2, 0.25) is 0 Å². The predicted molar refractivity (Wildman–Crippen MR) is 69.0 cm³/mol. The lowest BCUT2D eigenvalue weighted by Gasteiger charge is -2.08. The highest BCUT2D eigenvalue weighted by Gasteiger charge is 2.09. The summed E-state index contributed by atoms with van der Waals surface area (Å²) < 4.78 is 35.9. The summed E-state index contributed by atoms with van der Waals surface area (Å²) in [5.74, 6) is -0.721. The summed E-state index contributed by atoms with van der Waals surface area (Å²) in [4.78, 5) is 11.5. The van der Waals surface area contributed by atoms with Gasteiger partial charge < -0.3 is 9.47 Å². The summed E-state index contributed by atoms with van der Waals surface area (Å²) in [5.41, 5.74) is -0.162. The van der Waals surface area contributed by atoms with Gasteiger partial charge in [0, 0.05) is 6.07 Å². The monoisotopic (exact) mass is 279 g/mol. The maximum absolute atomic E-state index is 13.3. The van der Waals surface area contributed by atoms with Gasteiger partial charge >= 0.3 is 6.09 Å². The van der Waals surface area contributed by atoms with E-state index in [1.165, 1.54) is 19.2 Å². The molecule has 2 rings (SSSR count). The van der Waals surface area contributed by atoms with E-state index in [2.05, 4.69) is 5.32 Å². The largest absolute Gasteiger partial charge is 0.497 e. The summed E-state index contributed by atoms with van der Waals surface area (Å²) in [6.45, 7) is 0. The third-order valence-corrected chi connectivity index (χ3v) is 2.44. The molecule has 0 fully saturated rings. The van der Waals surface area contributed by atoms with Gasteiger partial charge in [-0.25, -0.2) is 13.6 Å². The molecular formula is C14H11F2NO3. The van der Waals surface area contributed by atoms with Gasteiger partial charge in [0.2, 0.25) is 0 Å². The zero-order valence-corrected chi connectivity index (χ0v) is 10.5. The number of hydrogen-bond donors (Lipinski definition) is 1. The minimum Gasteiger partial charge on any atom is -0.497 e. The number of nitrogens with one attached hydrogen (secondary N) is 1. The van der Waals surface area contributed by atoms with Crippen LogP contribution < -0.4 is 14.8 Å². The molecule has 0 radical (unpaired) electrons. The summed E-state index contributed by atoms with van der Waals surface area (Å²) in [6.07, 6.45) is -0.874. The molecule has 20 heavy (non-hydrogen) atoms. The summed E-state index contributed by atoms with van der Waals surface area (Å²) >= 11 is 0. The standard InChI is InChI=1S/C14H11F2NO3/c1-19-10-3-5-11(6-4-10)20-14(18)17-13-7-2-9(15)8-12(13)16/h2-8H,1H3,(H,17,18). The Balaban J connectivity index is 2.01. The van der Waals surface area contributed by atoms with Gasteiger partial charge in [0.25, 0.3) is 0 Å². The Kier molecular flexibility index (Phi) is 4.14. The van der Waals surface area contributed by atoms with E-state index in [0.717, 1.165) is 12.1 Å². The molecule has 4 nitrogen and oxygen atoms in total. The van der Waals surface area contributed by atoms with Crippen molar-refractivity contribution >= 4 is 11.8 Å². The fraction of sp³-hybridized carbons (Fsp3) is 0.0714. The van der Waals surface area contributed by atoms with Gasteiger partial charge in [-0.1, -0.05) is 0 Å². The topological polar surface area (TPSA) is 47.6 Å². The Hall–Kier alpha value is -2.63. The van der Waals surface area contributed by atoms with Crippen LogP contribution >= 0.6 is 0 Å². The molecule has 0 saturated heterocycles. The van der Waals surface area contributed by atoms with Crippen LogP contribution in [0, 0.1) is 11.6 Å². The average Bonchev–Trinajstić information content (AvgIpc) is 2.43. The summed E-state index contributed by atoms with van der Waals surface area (Å²) in [5, 5.41) is 2.18. The molecular weight excluding hydrogens is 268 g/mol. The van der Waals surface area contributed by atoms with Gasteiger partial charge in [-0.05, 0) is 36.4 Å². The van der Waals surface area contributed by atoms with E-state index in [0.29, 0.717) is 11.8 Å². The Morgan fingerprint density at radius 1 is 1.05 bits per heavy atom. The lowest BCUT2D eigenvalue weighted by molar-refractivity contribution is 0.215. The first-order valence-electron chi connectivity index (χ1n) is 5.66. The van der Waals surface area contributed by atoms with Crippen LogP contribution in [-0.2, 0) is 0 Å². The Morgan fingerprint density at radius 3 is 2.30 bits per heavy atom. The molecule has 0 saturated carbocycles. The van der Waals surface area contributed by atoms with Gasteiger partial charge in [-0.3, -0.25) is 5.32 Å². The second-order valence-electron chi connectivity index (χ2n) is 3.81. The van der Waals surface area contributed by atoms with Crippen LogP contribution in [-0.4, -0.2) is 13.2 Å². The zero-order chi connectivity index (χ0) is 14.5. The average molecular weight is 279 g/mol. The zero-order valence-electron chi connectivity index (χ0n) is 10.5.